The van der Waals surface area contributed by atoms with E-state index in [1.165, 1.54) is 140 Å². The third-order valence-corrected chi connectivity index (χ3v) is 25.7. The van der Waals surface area contributed by atoms with E-state index in [0.717, 1.165) is 60.5 Å². The second-order valence-corrected chi connectivity index (χ2v) is 36.4. The van der Waals surface area contributed by atoms with Crippen LogP contribution in [0.3, 0.4) is 0 Å². The Bertz CT molecular complexity index is 6200. The molecule has 0 bridgehead atoms. The molecule has 8 aliphatic rings. The van der Waals surface area contributed by atoms with Crippen molar-refractivity contribution in [1.82, 2.24) is 24.9 Å². The first-order valence-corrected chi connectivity index (χ1v) is 43.5. The lowest BCUT2D eigenvalue weighted by molar-refractivity contribution is 0.589. The normalized spacial score (nSPS) is 16.7. The minimum atomic E-state index is 0.124. The molecule has 0 N–H and O–H groups in total. The molecular weight excluding hydrogens is 1520 g/mol. The Morgan fingerprint density at radius 3 is 0.758 bits per heavy atom. The molecule has 124 heavy (non-hydrogen) atoms. The van der Waals surface area contributed by atoms with E-state index in [9.17, 15) is 0 Å². The van der Waals surface area contributed by atoms with Crippen LogP contribution in [0.1, 0.15) is 101 Å². The Labute approximate surface area is 728 Å². The number of hydrogen-bond donors (Lipinski definition) is 0. The highest BCUT2D eigenvalue weighted by Crippen LogP contribution is 2.59. The molecule has 4 atom stereocenters. The van der Waals surface area contributed by atoms with Crippen molar-refractivity contribution < 1.29 is 0 Å². The summed E-state index contributed by atoms with van der Waals surface area (Å²) in [6.45, 7) is 20.5. The molecule has 0 fully saturated rings. The molecule has 0 radical (unpaired) electrons. The lowest BCUT2D eigenvalue weighted by Crippen LogP contribution is -2.36. The van der Waals surface area contributed by atoms with E-state index in [2.05, 4.69) is 417 Å². The molecule has 0 spiro atoms. The van der Waals surface area contributed by atoms with Gasteiger partial charge >= 0.3 is 0 Å². The van der Waals surface area contributed by atoms with Crippen LogP contribution in [0.2, 0.25) is 0 Å². The van der Waals surface area contributed by atoms with Gasteiger partial charge in [0.2, 0.25) is 0 Å². The zero-order valence-electron chi connectivity index (χ0n) is 71.6. The monoisotopic (exact) mass is 1610 g/mol. The van der Waals surface area contributed by atoms with Gasteiger partial charge in [-0.15, -0.1) is 0 Å². The third kappa shape index (κ3) is 13.4. The van der Waals surface area contributed by atoms with E-state index >= 15 is 0 Å². The van der Waals surface area contributed by atoms with Crippen LogP contribution in [0.5, 0.6) is 0 Å². The Kier molecular flexibility index (Phi) is 19.2. The molecule has 16 aromatic rings. The Morgan fingerprint density at radius 1 is 0.194 bits per heavy atom. The molecule has 0 saturated heterocycles. The topological polar surface area (TPSA) is 90.4 Å². The Balaban J connectivity index is 0.000000101. The van der Waals surface area contributed by atoms with Crippen LogP contribution in [-0.4, -0.2) is 49.6 Å². The van der Waals surface area contributed by atoms with Crippen LogP contribution in [0.15, 0.2) is 365 Å². The highest BCUT2D eigenvalue weighted by atomic mass is 15.5. The molecule has 0 amide bonds. The summed E-state index contributed by atoms with van der Waals surface area (Å²) in [5, 5.41) is 0. The third-order valence-electron chi connectivity index (χ3n) is 25.7. The summed E-state index contributed by atoms with van der Waals surface area (Å²) in [5.74, 6) is 4.97. The molecule has 24 rings (SSSR count). The van der Waals surface area contributed by atoms with E-state index in [-0.39, 0.29) is 40.9 Å². The first-order chi connectivity index (χ1) is 60.5. The molecule has 4 aromatic heterocycles. The summed E-state index contributed by atoms with van der Waals surface area (Å²) in [6, 6.07) is 120. The second-order valence-electron chi connectivity index (χ2n) is 36.4. The fourth-order valence-electron chi connectivity index (χ4n) is 19.8. The molecule has 0 saturated carbocycles. The fourth-order valence-corrected chi connectivity index (χ4v) is 19.8. The van der Waals surface area contributed by atoms with Gasteiger partial charge in [0.1, 0.15) is 24.7 Å². The highest BCUT2D eigenvalue weighted by molar-refractivity contribution is 5.98. The first kappa shape index (κ1) is 76.9. The second kappa shape index (κ2) is 30.9. The minimum absolute atomic E-state index is 0.124. The summed E-state index contributed by atoms with van der Waals surface area (Å²) < 4.78 is 0. The predicted octanol–water partition coefficient (Wildman–Crippen LogP) is 27.0. The van der Waals surface area contributed by atoms with Gasteiger partial charge in [-0.3, -0.25) is 0 Å². The van der Waals surface area contributed by atoms with Gasteiger partial charge in [-0.25, -0.2) is 24.9 Å². The van der Waals surface area contributed by atoms with E-state index in [0.29, 0.717) is 0 Å². The van der Waals surface area contributed by atoms with Gasteiger partial charge in [0.25, 0.3) is 0 Å². The van der Waals surface area contributed by atoms with Gasteiger partial charge in [-0.05, 0) is 162 Å². The molecule has 608 valence electrons. The molecule has 13 heteroatoms. The van der Waals surface area contributed by atoms with Crippen LogP contribution >= 0.6 is 0 Å². The molecule has 0 aliphatic carbocycles. The highest BCUT2D eigenvalue weighted by Gasteiger charge is 2.50. The van der Waals surface area contributed by atoms with Crippen molar-refractivity contribution in [2.75, 3.05) is 39.2 Å². The average molecular weight is 1620 g/mol. The first-order valence-electron chi connectivity index (χ1n) is 43.5. The van der Waals surface area contributed by atoms with Crippen molar-refractivity contribution in [3.05, 3.63) is 404 Å². The predicted molar refractivity (Wildman–Crippen MR) is 511 cm³/mol. The molecule has 12 aromatic carbocycles. The SMILES string of the molecule is CC(C)(C)c1ccc2c(c1)CC1N(c3ccccc3-c3ccccc3)c3cccnc3N21.CC(C)(C)c1ccc2c(c1)CC1N2c2cccnc2N1c1ccccc1-c1ccccc1.CC(C)(C)c1ccc2c(c1)CC1N2c2nccnc2N1c1ccccc1-c1ccccc1.c1ccc(-c2ccccc2N2c3ncccc3N3c4ccccc4CC32)cc1. The lowest BCUT2D eigenvalue weighted by atomic mass is 9.86. The van der Waals surface area contributed by atoms with Gasteiger partial charge in [0.15, 0.2) is 29.1 Å². The molecule has 13 nitrogen and oxygen atoms in total. The van der Waals surface area contributed by atoms with Gasteiger partial charge in [0.05, 0.1) is 39.8 Å². The zero-order chi connectivity index (χ0) is 84.1. The molecule has 4 unspecified atom stereocenters. The van der Waals surface area contributed by atoms with E-state index < -0.39 is 0 Å². The van der Waals surface area contributed by atoms with Crippen molar-refractivity contribution in [2.24, 2.45) is 0 Å². The van der Waals surface area contributed by atoms with Crippen LogP contribution < -0.4 is 39.2 Å². The van der Waals surface area contributed by atoms with Gasteiger partial charge in [0, 0.05) is 102 Å². The smallest absolute Gasteiger partial charge is 0.178 e. The van der Waals surface area contributed by atoms with Crippen LogP contribution in [0, 0.1) is 0 Å². The van der Waals surface area contributed by atoms with Gasteiger partial charge < -0.3 is 39.2 Å². The largest absolute Gasteiger partial charge is 0.316 e. The maximum absolute atomic E-state index is 4.85. The van der Waals surface area contributed by atoms with Crippen LogP contribution in [0.25, 0.3) is 44.5 Å². The van der Waals surface area contributed by atoms with Crippen molar-refractivity contribution in [2.45, 2.75) is 129 Å². The zero-order valence-corrected chi connectivity index (χ0v) is 71.6. The van der Waals surface area contributed by atoms with Gasteiger partial charge in [-0.1, -0.05) is 311 Å². The lowest BCUT2D eigenvalue weighted by Gasteiger charge is -2.29. The number of fused-ring (bicyclic) bond motifs is 20. The van der Waals surface area contributed by atoms with Crippen LogP contribution in [-0.2, 0) is 41.9 Å². The maximum Gasteiger partial charge on any atom is 0.178 e. The summed E-state index contributed by atoms with van der Waals surface area (Å²) in [5.41, 5.74) is 33.4. The summed E-state index contributed by atoms with van der Waals surface area (Å²) in [7, 11) is 0. The number of nitrogens with zero attached hydrogens (tertiary/aromatic N) is 13. The molecular formula is C111H99N13. The fraction of sp³-hybridized carbons (Fsp3) is 0.180. The number of benzene rings is 12. The van der Waals surface area contributed by atoms with Crippen molar-refractivity contribution in [3.63, 3.8) is 0 Å². The summed E-state index contributed by atoms with van der Waals surface area (Å²) >= 11 is 0. The standard InChI is InChI=1S/2C29H27N3.C28H26N4.C25H19N3/c1-29(2,3)22-15-16-24-21(18-22)19-27-31(26-14-9-17-30-28(26)32(24)27)25-13-8-7-12-23(25)20-10-5-4-6-11-20;1-29(2,3)22-15-16-24-21(18-22)19-27-31(24)26-14-9-17-30-28(26)32(27)25-13-8-7-12-23(25)20-10-5-4-6-11-20;1-28(2,3)21-13-14-23-20(17-21)18-25-31(23)26-27(30-16-15-29-26)32(25)24-12-8-7-11-22(24)19-9-5-4-6-10-19;1-2-9-18(10-3-1)20-12-5-7-14-22(20)28-24-17-19-11-4-6-13-21(19)27(24)23-15-8-16-26-25(23)28/h2*4-18,27H,19H2,1-3H3;4-17,25H,18H2,1-3H3;1-16,24H,17H2. The Morgan fingerprint density at radius 2 is 0.419 bits per heavy atom. The minimum Gasteiger partial charge on any atom is -0.316 e. The van der Waals surface area contributed by atoms with Crippen molar-refractivity contribution in [1.29, 1.82) is 0 Å². The summed E-state index contributed by atoms with van der Waals surface area (Å²) in [6.07, 6.45) is 13.9. The number of rotatable bonds is 8. The number of hydrogen-bond acceptors (Lipinski definition) is 13. The molecule has 12 heterocycles. The molecule has 8 aliphatic heterocycles. The summed E-state index contributed by atoms with van der Waals surface area (Å²) in [4.78, 5) is 43.5. The van der Waals surface area contributed by atoms with E-state index in [1.807, 2.05) is 36.8 Å². The Hall–Kier alpha value is -14.4. The van der Waals surface area contributed by atoms with E-state index in [4.69, 9.17) is 24.9 Å². The number of anilines is 16. The number of pyridine rings is 3. The number of aromatic nitrogens is 5. The van der Waals surface area contributed by atoms with Crippen molar-refractivity contribution >= 4 is 91.7 Å². The number of para-hydroxylation sites is 5. The maximum atomic E-state index is 4.85. The van der Waals surface area contributed by atoms with Crippen molar-refractivity contribution in [3.8, 4) is 44.5 Å². The van der Waals surface area contributed by atoms with Crippen LogP contribution in [0.4, 0.5) is 91.7 Å². The van der Waals surface area contributed by atoms with E-state index in [1.54, 1.807) is 12.4 Å². The van der Waals surface area contributed by atoms with Gasteiger partial charge in [-0.2, -0.15) is 0 Å². The quantitative estimate of drug-likeness (QED) is 0.145. The average Bonchev–Trinajstić information content (AvgIpc) is 1.58.